The summed E-state index contributed by atoms with van der Waals surface area (Å²) in [4.78, 5) is 8.24. The largest absolute Gasteiger partial charge is 0.399 e. The zero-order chi connectivity index (χ0) is 17.1. The summed E-state index contributed by atoms with van der Waals surface area (Å²) < 4.78 is 13.6. The molecule has 2 rings (SSSR count). The Kier molecular flexibility index (Phi) is 4.64. The Hall–Kier alpha value is -2.89. The van der Waals surface area contributed by atoms with Gasteiger partial charge in [0, 0.05) is 35.3 Å². The third-order valence-electron chi connectivity index (χ3n) is 3.57. The van der Waals surface area contributed by atoms with Crippen molar-refractivity contribution in [3.8, 4) is 0 Å². The van der Waals surface area contributed by atoms with Crippen LogP contribution in [0.3, 0.4) is 0 Å². The molecule has 0 amide bonds. The first-order valence-corrected chi connectivity index (χ1v) is 7.05. The van der Waals surface area contributed by atoms with E-state index in [0.717, 1.165) is 22.5 Å². The van der Waals surface area contributed by atoms with Crippen LogP contribution in [0.1, 0.15) is 23.6 Å². The minimum atomic E-state index is -0.629. The topological polar surface area (TPSA) is 89.3 Å². The average molecular weight is 313 g/mol. The third-order valence-corrected chi connectivity index (χ3v) is 3.57. The first-order chi connectivity index (χ1) is 10.8. The summed E-state index contributed by atoms with van der Waals surface area (Å²) in [5, 5.41) is 3.11. The van der Waals surface area contributed by atoms with Gasteiger partial charge in [-0.25, -0.2) is 9.37 Å². The molecule has 0 aliphatic rings. The molecule has 1 aromatic carbocycles. The molecule has 0 atom stereocenters. The van der Waals surface area contributed by atoms with E-state index in [0.29, 0.717) is 11.4 Å². The summed E-state index contributed by atoms with van der Waals surface area (Å²) in [6, 6.07) is 7.03. The number of nitrogen functional groups attached to an aromatic ring is 1. The van der Waals surface area contributed by atoms with Crippen molar-refractivity contribution in [3.63, 3.8) is 0 Å². The first kappa shape index (κ1) is 16.5. The lowest BCUT2D eigenvalue weighted by molar-refractivity contribution is 0.627. The minimum absolute atomic E-state index is 0.198. The van der Waals surface area contributed by atoms with Gasteiger partial charge in [-0.2, -0.15) is 0 Å². The SMILES string of the molecule is C=C(N)c1cc(F)c(N)nc1Nc1ccc(C)c(/C(C)=N\C)c1. The molecule has 0 saturated heterocycles. The van der Waals surface area contributed by atoms with E-state index < -0.39 is 5.82 Å². The van der Waals surface area contributed by atoms with Crippen molar-refractivity contribution in [2.75, 3.05) is 18.1 Å². The molecule has 1 heterocycles. The maximum atomic E-state index is 13.6. The Balaban J connectivity index is 2.47. The fourth-order valence-corrected chi connectivity index (χ4v) is 2.19. The van der Waals surface area contributed by atoms with Gasteiger partial charge in [-0.1, -0.05) is 12.6 Å². The highest BCUT2D eigenvalue weighted by Crippen LogP contribution is 2.26. The number of nitrogens with one attached hydrogen (secondary N) is 1. The predicted octanol–water partition coefficient (Wildman–Crippen LogP) is 3.22. The molecular weight excluding hydrogens is 293 g/mol. The summed E-state index contributed by atoms with van der Waals surface area (Å²) >= 11 is 0. The van der Waals surface area contributed by atoms with E-state index in [1.807, 2.05) is 32.0 Å². The van der Waals surface area contributed by atoms with Crippen LogP contribution in [0, 0.1) is 12.7 Å². The van der Waals surface area contributed by atoms with Crippen molar-refractivity contribution in [2.24, 2.45) is 10.7 Å². The van der Waals surface area contributed by atoms with Crippen molar-refractivity contribution in [2.45, 2.75) is 13.8 Å². The van der Waals surface area contributed by atoms with E-state index >= 15 is 0 Å². The van der Waals surface area contributed by atoms with Crippen LogP contribution >= 0.6 is 0 Å². The molecule has 0 fully saturated rings. The van der Waals surface area contributed by atoms with Crippen molar-refractivity contribution in [1.82, 2.24) is 4.98 Å². The predicted molar refractivity (Wildman–Crippen MR) is 94.4 cm³/mol. The highest BCUT2D eigenvalue weighted by molar-refractivity contribution is 6.00. The zero-order valence-electron chi connectivity index (χ0n) is 13.4. The second-order valence-corrected chi connectivity index (χ2v) is 5.24. The lowest BCUT2D eigenvalue weighted by Gasteiger charge is -2.14. The molecule has 1 aromatic heterocycles. The molecule has 120 valence electrons. The van der Waals surface area contributed by atoms with Crippen LogP contribution in [0.5, 0.6) is 0 Å². The Morgan fingerprint density at radius 1 is 1.30 bits per heavy atom. The van der Waals surface area contributed by atoms with Gasteiger partial charge in [-0.05, 0) is 37.6 Å². The lowest BCUT2D eigenvalue weighted by Crippen LogP contribution is -2.07. The standard InChI is InChI=1S/C17H20FN5/c1-9-5-6-12(7-13(9)11(3)21-4)22-17-14(10(2)19)8-15(18)16(20)23-17/h5-8H,2,19H2,1,3-4H3,(H3,20,22,23)/b21-11-. The molecule has 0 bridgehead atoms. The number of anilines is 3. The highest BCUT2D eigenvalue weighted by atomic mass is 19.1. The van der Waals surface area contributed by atoms with Gasteiger partial charge in [0.1, 0.15) is 5.82 Å². The van der Waals surface area contributed by atoms with Gasteiger partial charge < -0.3 is 16.8 Å². The van der Waals surface area contributed by atoms with E-state index in [1.54, 1.807) is 7.05 Å². The molecule has 23 heavy (non-hydrogen) atoms. The van der Waals surface area contributed by atoms with Crippen molar-refractivity contribution >= 4 is 28.7 Å². The highest BCUT2D eigenvalue weighted by Gasteiger charge is 2.12. The molecule has 6 heteroatoms. The molecule has 2 aromatic rings. The minimum Gasteiger partial charge on any atom is -0.399 e. The summed E-state index contributed by atoms with van der Waals surface area (Å²) in [5.74, 6) is -0.468. The van der Waals surface area contributed by atoms with E-state index in [4.69, 9.17) is 11.5 Å². The van der Waals surface area contributed by atoms with Crippen molar-refractivity contribution < 1.29 is 4.39 Å². The number of hydrogen-bond donors (Lipinski definition) is 3. The van der Waals surface area contributed by atoms with Crippen molar-refractivity contribution in [1.29, 1.82) is 0 Å². The van der Waals surface area contributed by atoms with Crippen LogP contribution < -0.4 is 16.8 Å². The van der Waals surface area contributed by atoms with Crippen LogP contribution in [0.2, 0.25) is 0 Å². The van der Waals surface area contributed by atoms with E-state index in [9.17, 15) is 4.39 Å². The number of benzene rings is 1. The Morgan fingerprint density at radius 2 is 2.00 bits per heavy atom. The summed E-state index contributed by atoms with van der Waals surface area (Å²) in [7, 11) is 1.74. The number of nitrogens with zero attached hydrogens (tertiary/aromatic N) is 2. The third kappa shape index (κ3) is 3.48. The quantitative estimate of drug-likeness (QED) is 0.756. The zero-order valence-corrected chi connectivity index (χ0v) is 13.4. The number of aliphatic imine (C=N–C) groups is 1. The number of aryl methyl sites for hydroxylation is 1. The van der Waals surface area contributed by atoms with Gasteiger partial charge in [0.05, 0.1) is 0 Å². The van der Waals surface area contributed by atoms with Crippen molar-refractivity contribution in [3.05, 3.63) is 53.4 Å². The molecule has 0 aliphatic heterocycles. The molecule has 0 unspecified atom stereocenters. The second-order valence-electron chi connectivity index (χ2n) is 5.24. The summed E-state index contributed by atoms with van der Waals surface area (Å²) in [6.07, 6.45) is 0. The summed E-state index contributed by atoms with van der Waals surface area (Å²) in [6.45, 7) is 7.59. The average Bonchev–Trinajstić information content (AvgIpc) is 2.51. The molecule has 0 aliphatic carbocycles. The number of hydrogen-bond acceptors (Lipinski definition) is 5. The molecule has 0 saturated carbocycles. The van der Waals surface area contributed by atoms with E-state index in [-0.39, 0.29) is 11.5 Å². The molecule has 5 nitrogen and oxygen atoms in total. The van der Waals surface area contributed by atoms with Gasteiger partial charge >= 0.3 is 0 Å². The maximum absolute atomic E-state index is 13.6. The van der Waals surface area contributed by atoms with Crippen LogP contribution in [0.4, 0.5) is 21.7 Å². The number of halogens is 1. The first-order valence-electron chi connectivity index (χ1n) is 7.05. The Morgan fingerprint density at radius 3 is 2.61 bits per heavy atom. The Bertz CT molecular complexity index is 796. The molecular formula is C17H20FN5. The van der Waals surface area contributed by atoms with Gasteiger partial charge in [0.15, 0.2) is 11.6 Å². The smallest absolute Gasteiger partial charge is 0.166 e. The van der Waals surface area contributed by atoms with Crippen LogP contribution in [-0.4, -0.2) is 17.7 Å². The second kappa shape index (κ2) is 6.48. The number of aromatic nitrogens is 1. The van der Waals surface area contributed by atoms with Gasteiger partial charge in [0.2, 0.25) is 0 Å². The molecule has 0 radical (unpaired) electrons. The van der Waals surface area contributed by atoms with Crippen LogP contribution in [-0.2, 0) is 0 Å². The molecule has 0 spiro atoms. The maximum Gasteiger partial charge on any atom is 0.166 e. The monoisotopic (exact) mass is 313 g/mol. The van der Waals surface area contributed by atoms with Crippen LogP contribution in [0.25, 0.3) is 5.70 Å². The van der Waals surface area contributed by atoms with Gasteiger partial charge in [0.25, 0.3) is 0 Å². The normalized spacial score (nSPS) is 11.4. The number of nitrogens with two attached hydrogens (primary N) is 2. The number of pyridine rings is 1. The van der Waals surface area contributed by atoms with Gasteiger partial charge in [-0.3, -0.25) is 4.99 Å². The van der Waals surface area contributed by atoms with Crippen LogP contribution in [0.15, 0.2) is 35.8 Å². The van der Waals surface area contributed by atoms with E-state index in [2.05, 4.69) is 21.9 Å². The molecule has 5 N–H and O–H groups in total. The lowest BCUT2D eigenvalue weighted by atomic mass is 10.0. The van der Waals surface area contributed by atoms with E-state index in [1.165, 1.54) is 6.07 Å². The fraction of sp³-hybridized carbons (Fsp3) is 0.176. The number of rotatable bonds is 4. The Labute approximate surface area is 134 Å². The summed E-state index contributed by atoms with van der Waals surface area (Å²) in [5.41, 5.74) is 15.7. The van der Waals surface area contributed by atoms with Gasteiger partial charge in [-0.15, -0.1) is 0 Å². The fourth-order valence-electron chi connectivity index (χ4n) is 2.19.